The van der Waals surface area contributed by atoms with Crippen LogP contribution in [0.5, 0.6) is 0 Å². The first-order valence-electron chi connectivity index (χ1n) is 3.32. The van der Waals surface area contributed by atoms with Gasteiger partial charge in [0.2, 0.25) is 0 Å². The molecular weight excluding hydrogens is 163 g/mol. The second kappa shape index (κ2) is 3.95. The van der Waals surface area contributed by atoms with E-state index >= 15 is 0 Å². The molecule has 1 atom stereocenters. The molecule has 2 heteroatoms. The molecule has 0 N–H and O–H groups in total. The van der Waals surface area contributed by atoms with Crippen LogP contribution in [0.1, 0.15) is 12.5 Å². The molecule has 1 aromatic carbocycles. The number of hydrogen-bond donors (Lipinski definition) is 0. The third-order valence-electron chi connectivity index (χ3n) is 1.47. The van der Waals surface area contributed by atoms with Crippen LogP contribution in [0.15, 0.2) is 24.3 Å². The summed E-state index contributed by atoms with van der Waals surface area (Å²) in [6.45, 7) is 2.15. The third-order valence-corrected chi connectivity index (χ3v) is 2.68. The second-order valence-corrected chi connectivity index (χ2v) is 3.48. The fourth-order valence-electron chi connectivity index (χ4n) is 0.803. The molecule has 0 aliphatic carbocycles. The van der Waals surface area contributed by atoms with Gasteiger partial charge in [0.1, 0.15) is 0 Å². The zero-order valence-electron chi connectivity index (χ0n) is 5.89. The smallest absolute Gasteiger partial charge is 0.00659 e. The van der Waals surface area contributed by atoms with Crippen molar-refractivity contribution in [2.45, 2.75) is 13.3 Å². The van der Waals surface area contributed by atoms with Gasteiger partial charge in [-0.25, -0.2) is 0 Å². The van der Waals surface area contributed by atoms with E-state index in [0.29, 0.717) is 7.93 Å². The van der Waals surface area contributed by atoms with E-state index in [-0.39, 0.29) is 0 Å². The first kappa shape index (κ1) is 8.04. The lowest BCUT2D eigenvalue weighted by Gasteiger charge is -1.96. The molecule has 0 fully saturated rings. The SMILES string of the molecule is CCc1ccc(PCl)cc1. The Kier molecular flexibility index (Phi) is 3.18. The summed E-state index contributed by atoms with van der Waals surface area (Å²) in [5.41, 5.74) is 1.37. The molecule has 0 amide bonds. The van der Waals surface area contributed by atoms with Crippen molar-refractivity contribution in [3.05, 3.63) is 29.8 Å². The van der Waals surface area contributed by atoms with Gasteiger partial charge < -0.3 is 0 Å². The van der Waals surface area contributed by atoms with Gasteiger partial charge in [-0.2, -0.15) is 0 Å². The molecule has 0 aromatic heterocycles. The van der Waals surface area contributed by atoms with Crippen molar-refractivity contribution < 1.29 is 0 Å². The molecule has 0 saturated carbocycles. The fraction of sp³-hybridized carbons (Fsp3) is 0.250. The van der Waals surface area contributed by atoms with E-state index in [4.69, 9.17) is 11.2 Å². The number of halogens is 1. The highest BCUT2D eigenvalue weighted by Gasteiger charge is 1.89. The Morgan fingerprint density at radius 2 is 1.90 bits per heavy atom. The van der Waals surface area contributed by atoms with E-state index in [0.717, 1.165) is 6.42 Å². The fourth-order valence-corrected chi connectivity index (χ4v) is 1.47. The first-order valence-corrected chi connectivity index (χ1v) is 5.33. The molecule has 54 valence electrons. The highest BCUT2D eigenvalue weighted by molar-refractivity contribution is 7.74. The molecule has 0 spiro atoms. The summed E-state index contributed by atoms with van der Waals surface area (Å²) < 4.78 is 0. The highest BCUT2D eigenvalue weighted by Crippen LogP contribution is 2.15. The molecule has 10 heavy (non-hydrogen) atoms. The minimum absolute atomic E-state index is 0.400. The summed E-state index contributed by atoms with van der Waals surface area (Å²) >= 11 is 5.65. The van der Waals surface area contributed by atoms with Gasteiger partial charge in [0.15, 0.2) is 0 Å². The van der Waals surface area contributed by atoms with Gasteiger partial charge in [-0.1, -0.05) is 42.4 Å². The van der Waals surface area contributed by atoms with Gasteiger partial charge in [-0.3, -0.25) is 0 Å². The molecule has 0 heterocycles. The number of aryl methyl sites for hydroxylation is 1. The van der Waals surface area contributed by atoms with Crippen LogP contribution in [0.25, 0.3) is 0 Å². The third kappa shape index (κ3) is 1.97. The van der Waals surface area contributed by atoms with E-state index in [1.165, 1.54) is 10.9 Å². The Balaban J connectivity index is 2.80. The van der Waals surface area contributed by atoms with Crippen LogP contribution in [0.2, 0.25) is 0 Å². The van der Waals surface area contributed by atoms with Gasteiger partial charge in [-0.15, -0.1) is 0 Å². The average Bonchev–Trinajstić information content (AvgIpc) is 2.05. The van der Waals surface area contributed by atoms with Crippen molar-refractivity contribution in [2.75, 3.05) is 0 Å². The number of hydrogen-bond acceptors (Lipinski definition) is 0. The van der Waals surface area contributed by atoms with Crippen molar-refractivity contribution in [2.24, 2.45) is 0 Å². The van der Waals surface area contributed by atoms with Crippen LogP contribution < -0.4 is 5.30 Å². The first-order chi connectivity index (χ1) is 4.86. The Morgan fingerprint density at radius 3 is 2.30 bits per heavy atom. The van der Waals surface area contributed by atoms with Crippen molar-refractivity contribution in [1.29, 1.82) is 0 Å². The van der Waals surface area contributed by atoms with Crippen LogP contribution in [0.4, 0.5) is 0 Å². The van der Waals surface area contributed by atoms with Crippen LogP contribution >= 0.6 is 19.2 Å². The maximum absolute atomic E-state index is 5.65. The van der Waals surface area contributed by atoms with E-state index in [1.807, 2.05) is 0 Å². The summed E-state index contributed by atoms with van der Waals surface area (Å²) in [5.74, 6) is 0. The molecule has 0 saturated heterocycles. The van der Waals surface area contributed by atoms with Gasteiger partial charge in [0.25, 0.3) is 0 Å². The van der Waals surface area contributed by atoms with Crippen LogP contribution in [-0.2, 0) is 6.42 Å². The topological polar surface area (TPSA) is 0 Å². The van der Waals surface area contributed by atoms with E-state index in [9.17, 15) is 0 Å². The molecule has 0 aliphatic rings. The number of rotatable bonds is 2. The summed E-state index contributed by atoms with van der Waals surface area (Å²) in [5, 5.41) is 1.22. The van der Waals surface area contributed by atoms with E-state index in [1.54, 1.807) is 0 Å². The molecule has 1 aromatic rings. The second-order valence-electron chi connectivity index (χ2n) is 2.14. The molecule has 0 bridgehead atoms. The minimum Gasteiger partial charge on any atom is -0.0948 e. The maximum atomic E-state index is 5.65. The highest BCUT2D eigenvalue weighted by atomic mass is 35.7. The summed E-state index contributed by atoms with van der Waals surface area (Å²) in [7, 11) is 0.400. The molecule has 0 radical (unpaired) electrons. The van der Waals surface area contributed by atoms with Crippen LogP contribution in [0.3, 0.4) is 0 Å². The maximum Gasteiger partial charge on any atom is 0.00659 e. The normalized spacial score (nSPS) is 11.0. The lowest BCUT2D eigenvalue weighted by Crippen LogP contribution is -1.90. The van der Waals surface area contributed by atoms with Gasteiger partial charge in [0.05, 0.1) is 0 Å². The van der Waals surface area contributed by atoms with Gasteiger partial charge in [0, 0.05) is 7.93 Å². The predicted molar refractivity (Wildman–Crippen MR) is 49.6 cm³/mol. The Bertz CT molecular complexity index is 170. The summed E-state index contributed by atoms with van der Waals surface area (Å²) in [6.07, 6.45) is 1.10. The van der Waals surface area contributed by atoms with Crippen LogP contribution in [-0.4, -0.2) is 0 Å². The number of benzene rings is 1. The van der Waals surface area contributed by atoms with Crippen molar-refractivity contribution in [3.8, 4) is 0 Å². The summed E-state index contributed by atoms with van der Waals surface area (Å²) in [6, 6.07) is 8.43. The monoisotopic (exact) mass is 172 g/mol. The molecule has 1 unspecified atom stereocenters. The minimum atomic E-state index is 0.400. The molecular formula is C8H10ClP. The van der Waals surface area contributed by atoms with Crippen molar-refractivity contribution >= 4 is 24.5 Å². The average molecular weight is 173 g/mol. The Labute approximate surface area is 68.2 Å². The van der Waals surface area contributed by atoms with E-state index < -0.39 is 0 Å². The molecule has 0 nitrogen and oxygen atoms in total. The standard InChI is InChI=1S/C8H10ClP/c1-2-7-3-5-8(10-9)6-4-7/h3-6,10H,2H2,1H3. The van der Waals surface area contributed by atoms with Gasteiger partial charge in [-0.05, 0) is 17.3 Å². The Morgan fingerprint density at radius 1 is 1.30 bits per heavy atom. The zero-order chi connectivity index (χ0) is 7.40. The molecule has 1 rings (SSSR count). The Hall–Kier alpha value is -0.0600. The largest absolute Gasteiger partial charge is 0.0948 e. The molecule has 0 aliphatic heterocycles. The van der Waals surface area contributed by atoms with Crippen molar-refractivity contribution in [1.82, 2.24) is 0 Å². The predicted octanol–water partition coefficient (Wildman–Crippen LogP) is 2.71. The van der Waals surface area contributed by atoms with Crippen molar-refractivity contribution in [3.63, 3.8) is 0 Å². The lowest BCUT2D eigenvalue weighted by molar-refractivity contribution is 1.14. The van der Waals surface area contributed by atoms with Gasteiger partial charge >= 0.3 is 0 Å². The van der Waals surface area contributed by atoms with E-state index in [2.05, 4.69) is 31.2 Å². The summed E-state index contributed by atoms with van der Waals surface area (Å²) in [4.78, 5) is 0. The van der Waals surface area contributed by atoms with Crippen LogP contribution in [0, 0.1) is 0 Å². The zero-order valence-corrected chi connectivity index (χ0v) is 7.65. The lowest BCUT2D eigenvalue weighted by atomic mass is 10.2. The quantitative estimate of drug-likeness (QED) is 0.602.